The van der Waals surface area contributed by atoms with Crippen molar-refractivity contribution in [1.29, 1.82) is 0 Å². The zero-order valence-corrected chi connectivity index (χ0v) is 12.9. The van der Waals surface area contributed by atoms with E-state index in [1.54, 1.807) is 6.20 Å². The summed E-state index contributed by atoms with van der Waals surface area (Å²) in [4.78, 5) is 7.12. The third-order valence-electron chi connectivity index (χ3n) is 3.42. The van der Waals surface area contributed by atoms with Crippen LogP contribution in [0.25, 0.3) is 0 Å². The topological polar surface area (TPSA) is 42.1 Å². The standard InChI is InChI=1S/C14H15F2N3S.ClH/c15-12-2-1-3-13(16)11(12)8-19(9-4-5-9)7-10-6-18-14(17)20-10;/h1-3,6,9H,4-5,7-8H2,(H2,17,18);1H. The molecule has 7 heteroatoms. The first-order chi connectivity index (χ1) is 9.63. The fourth-order valence-corrected chi connectivity index (χ4v) is 2.95. The number of hydrogen-bond acceptors (Lipinski definition) is 4. The van der Waals surface area contributed by atoms with Crippen LogP contribution in [0.4, 0.5) is 13.9 Å². The van der Waals surface area contributed by atoms with Crippen LogP contribution in [0.5, 0.6) is 0 Å². The Bertz CT molecular complexity index is 596. The van der Waals surface area contributed by atoms with E-state index in [-0.39, 0.29) is 24.5 Å². The average Bonchev–Trinajstić information content (AvgIpc) is 3.17. The summed E-state index contributed by atoms with van der Waals surface area (Å²) < 4.78 is 27.5. The summed E-state index contributed by atoms with van der Waals surface area (Å²) in [6, 6.07) is 4.39. The van der Waals surface area contributed by atoms with Gasteiger partial charge in [-0.05, 0) is 25.0 Å². The molecule has 0 spiro atoms. The summed E-state index contributed by atoms with van der Waals surface area (Å²) in [5, 5.41) is 0.521. The molecule has 2 N–H and O–H groups in total. The van der Waals surface area contributed by atoms with E-state index < -0.39 is 11.6 Å². The molecule has 1 aromatic carbocycles. The number of thiazole rings is 1. The van der Waals surface area contributed by atoms with Gasteiger partial charge in [-0.2, -0.15) is 0 Å². The summed E-state index contributed by atoms with van der Waals surface area (Å²) in [7, 11) is 0. The Balaban J connectivity index is 0.00000161. The highest BCUT2D eigenvalue weighted by Gasteiger charge is 2.30. The second-order valence-corrected chi connectivity index (χ2v) is 6.15. The number of rotatable bonds is 5. The maximum atomic E-state index is 13.7. The molecule has 0 amide bonds. The van der Waals surface area contributed by atoms with Crippen LogP contribution >= 0.6 is 23.7 Å². The molecule has 0 atom stereocenters. The van der Waals surface area contributed by atoms with Crippen molar-refractivity contribution in [3.05, 3.63) is 46.5 Å². The van der Waals surface area contributed by atoms with Crippen LogP contribution in [0.3, 0.4) is 0 Å². The zero-order valence-electron chi connectivity index (χ0n) is 11.3. The van der Waals surface area contributed by atoms with E-state index in [1.165, 1.54) is 29.5 Å². The van der Waals surface area contributed by atoms with E-state index in [9.17, 15) is 8.78 Å². The lowest BCUT2D eigenvalue weighted by Crippen LogP contribution is -2.25. The fraction of sp³-hybridized carbons (Fsp3) is 0.357. The molecule has 0 saturated heterocycles. The van der Waals surface area contributed by atoms with E-state index in [0.717, 1.165) is 17.7 Å². The second-order valence-electron chi connectivity index (χ2n) is 5.00. The van der Waals surface area contributed by atoms with Gasteiger partial charge < -0.3 is 5.73 Å². The van der Waals surface area contributed by atoms with Crippen LogP contribution in [-0.4, -0.2) is 15.9 Å². The van der Waals surface area contributed by atoms with Crippen LogP contribution in [0, 0.1) is 11.6 Å². The molecule has 1 aliphatic rings. The van der Waals surface area contributed by atoms with Gasteiger partial charge in [0.1, 0.15) is 11.6 Å². The maximum absolute atomic E-state index is 13.7. The number of nitrogen functional groups attached to an aromatic ring is 1. The Kier molecular flexibility index (Phi) is 5.13. The number of halogens is 3. The van der Waals surface area contributed by atoms with E-state index in [2.05, 4.69) is 9.88 Å². The molecule has 114 valence electrons. The minimum atomic E-state index is -0.487. The van der Waals surface area contributed by atoms with Gasteiger partial charge in [0.2, 0.25) is 0 Å². The van der Waals surface area contributed by atoms with Gasteiger partial charge in [-0.25, -0.2) is 13.8 Å². The van der Waals surface area contributed by atoms with Crippen LogP contribution in [0.15, 0.2) is 24.4 Å². The predicted molar refractivity (Wildman–Crippen MR) is 82.4 cm³/mol. The summed E-state index contributed by atoms with van der Waals surface area (Å²) >= 11 is 1.42. The third-order valence-corrected chi connectivity index (χ3v) is 4.23. The minimum Gasteiger partial charge on any atom is -0.375 e. The van der Waals surface area contributed by atoms with Crippen LogP contribution in [-0.2, 0) is 13.1 Å². The van der Waals surface area contributed by atoms with Gasteiger partial charge in [0.25, 0.3) is 0 Å². The van der Waals surface area contributed by atoms with E-state index in [1.807, 2.05) is 0 Å². The molecule has 1 aliphatic carbocycles. The molecule has 1 aromatic heterocycles. The molecule has 0 unspecified atom stereocenters. The van der Waals surface area contributed by atoms with Crippen LogP contribution < -0.4 is 5.73 Å². The Labute approximate surface area is 132 Å². The Morgan fingerprint density at radius 3 is 2.43 bits per heavy atom. The van der Waals surface area contributed by atoms with E-state index in [0.29, 0.717) is 17.7 Å². The van der Waals surface area contributed by atoms with Gasteiger partial charge in [-0.15, -0.1) is 23.7 Å². The lowest BCUT2D eigenvalue weighted by molar-refractivity contribution is 0.240. The Morgan fingerprint density at radius 2 is 1.90 bits per heavy atom. The molecule has 21 heavy (non-hydrogen) atoms. The van der Waals surface area contributed by atoms with Crippen molar-refractivity contribution >= 4 is 28.9 Å². The third kappa shape index (κ3) is 3.90. The summed E-state index contributed by atoms with van der Waals surface area (Å²) in [6.45, 7) is 0.911. The van der Waals surface area contributed by atoms with Gasteiger partial charge in [-0.3, -0.25) is 4.90 Å². The Morgan fingerprint density at radius 1 is 1.24 bits per heavy atom. The van der Waals surface area contributed by atoms with Crippen molar-refractivity contribution in [1.82, 2.24) is 9.88 Å². The van der Waals surface area contributed by atoms with Gasteiger partial charge in [0, 0.05) is 35.8 Å². The predicted octanol–water partition coefficient (Wildman–Crippen LogP) is 3.59. The molecule has 1 fully saturated rings. The minimum absolute atomic E-state index is 0. The lowest BCUT2D eigenvalue weighted by atomic mass is 10.2. The number of benzene rings is 1. The maximum Gasteiger partial charge on any atom is 0.180 e. The first-order valence-electron chi connectivity index (χ1n) is 6.50. The van der Waals surface area contributed by atoms with Crippen molar-refractivity contribution in [2.45, 2.75) is 32.0 Å². The smallest absolute Gasteiger partial charge is 0.180 e. The van der Waals surface area contributed by atoms with Gasteiger partial charge >= 0.3 is 0 Å². The van der Waals surface area contributed by atoms with E-state index in [4.69, 9.17) is 5.73 Å². The van der Waals surface area contributed by atoms with Crippen molar-refractivity contribution in [2.24, 2.45) is 0 Å². The quantitative estimate of drug-likeness (QED) is 0.910. The van der Waals surface area contributed by atoms with Crippen LogP contribution in [0.1, 0.15) is 23.3 Å². The number of nitrogens with two attached hydrogens (primary N) is 1. The molecule has 1 saturated carbocycles. The molecule has 3 nitrogen and oxygen atoms in total. The molecule has 0 radical (unpaired) electrons. The fourth-order valence-electron chi connectivity index (χ4n) is 2.24. The highest BCUT2D eigenvalue weighted by atomic mass is 35.5. The largest absolute Gasteiger partial charge is 0.375 e. The van der Waals surface area contributed by atoms with Gasteiger partial charge in [0.05, 0.1) is 0 Å². The monoisotopic (exact) mass is 331 g/mol. The molecule has 2 aromatic rings. The second kappa shape index (κ2) is 6.68. The van der Waals surface area contributed by atoms with Crippen molar-refractivity contribution in [2.75, 3.05) is 5.73 Å². The first-order valence-corrected chi connectivity index (χ1v) is 7.32. The molecule has 0 bridgehead atoms. The number of anilines is 1. The highest BCUT2D eigenvalue weighted by molar-refractivity contribution is 7.15. The number of aromatic nitrogens is 1. The molecule has 1 heterocycles. The van der Waals surface area contributed by atoms with Crippen LogP contribution in [0.2, 0.25) is 0 Å². The van der Waals surface area contributed by atoms with Crippen molar-refractivity contribution < 1.29 is 8.78 Å². The molecular weight excluding hydrogens is 316 g/mol. The summed E-state index contributed by atoms with van der Waals surface area (Å²) in [5.74, 6) is -0.973. The number of nitrogens with zero attached hydrogens (tertiary/aromatic N) is 2. The zero-order chi connectivity index (χ0) is 14.1. The van der Waals surface area contributed by atoms with Gasteiger partial charge in [0.15, 0.2) is 5.13 Å². The number of hydrogen-bond donors (Lipinski definition) is 1. The first kappa shape index (κ1) is 16.1. The van der Waals surface area contributed by atoms with Crippen molar-refractivity contribution in [3.8, 4) is 0 Å². The summed E-state index contributed by atoms with van der Waals surface area (Å²) in [5.41, 5.74) is 5.75. The van der Waals surface area contributed by atoms with Crippen molar-refractivity contribution in [3.63, 3.8) is 0 Å². The lowest BCUT2D eigenvalue weighted by Gasteiger charge is -2.21. The normalized spacial score (nSPS) is 14.2. The molecule has 3 rings (SSSR count). The summed E-state index contributed by atoms with van der Waals surface area (Å²) in [6.07, 6.45) is 3.88. The van der Waals surface area contributed by atoms with E-state index >= 15 is 0 Å². The Hall–Kier alpha value is -1.24. The highest BCUT2D eigenvalue weighted by Crippen LogP contribution is 2.31. The average molecular weight is 332 g/mol. The SMILES string of the molecule is Cl.Nc1ncc(CN(Cc2c(F)cccc2F)C2CC2)s1. The van der Waals surface area contributed by atoms with Gasteiger partial charge in [-0.1, -0.05) is 6.07 Å². The molecule has 0 aliphatic heterocycles. The molecular formula is C14H16ClF2N3S.